The molecule has 0 fully saturated rings. The third kappa shape index (κ3) is 4.85. The molecule has 0 unspecified atom stereocenters. The summed E-state index contributed by atoms with van der Waals surface area (Å²) in [4.78, 5) is 12.4. The number of aryl methyl sites for hydroxylation is 1. The van der Waals surface area contributed by atoms with Gasteiger partial charge in [0.05, 0.1) is 5.41 Å². The van der Waals surface area contributed by atoms with Gasteiger partial charge in [-0.05, 0) is 43.4 Å². The first-order valence-corrected chi connectivity index (χ1v) is 8.22. The molecule has 21 heavy (non-hydrogen) atoms. The molecule has 1 amide bonds. The molecule has 0 aliphatic heterocycles. The first kappa shape index (κ1) is 17.7. The topological polar surface area (TPSA) is 55.1 Å². The van der Waals surface area contributed by atoms with Gasteiger partial charge in [0.1, 0.15) is 0 Å². The van der Waals surface area contributed by atoms with Crippen molar-refractivity contribution in [3.8, 4) is 0 Å². The number of carbonyl (C=O) groups excluding carboxylic acids is 1. The van der Waals surface area contributed by atoms with Crippen molar-refractivity contribution < 1.29 is 4.79 Å². The van der Waals surface area contributed by atoms with Crippen LogP contribution >= 0.6 is 0 Å². The molecule has 0 spiro atoms. The zero-order valence-corrected chi connectivity index (χ0v) is 13.7. The number of hydrogen-bond acceptors (Lipinski definition) is 2. The van der Waals surface area contributed by atoms with Crippen molar-refractivity contribution in [2.45, 2.75) is 59.3 Å². The van der Waals surface area contributed by atoms with Crippen LogP contribution in [0, 0.1) is 5.41 Å². The number of rotatable bonds is 9. The minimum atomic E-state index is -0.445. The van der Waals surface area contributed by atoms with Crippen molar-refractivity contribution >= 4 is 11.6 Å². The Hall–Kier alpha value is -1.35. The number of nitrogens with one attached hydrogen (secondary N) is 1. The van der Waals surface area contributed by atoms with Gasteiger partial charge in [0.25, 0.3) is 0 Å². The van der Waals surface area contributed by atoms with Gasteiger partial charge in [-0.15, -0.1) is 0 Å². The van der Waals surface area contributed by atoms with Crippen molar-refractivity contribution in [2.24, 2.45) is 11.1 Å². The standard InChI is InChI=1S/C18H30N2O/c1-4-7-8-9-15-10-12-16(13-11-15)20-17(21)18(5-2,6-3)14-19/h10-13H,4-9,14,19H2,1-3H3,(H,20,21). The lowest BCUT2D eigenvalue weighted by Gasteiger charge is -2.28. The summed E-state index contributed by atoms with van der Waals surface area (Å²) in [6.45, 7) is 6.64. The highest BCUT2D eigenvalue weighted by atomic mass is 16.2. The van der Waals surface area contributed by atoms with Crippen LogP contribution in [0.15, 0.2) is 24.3 Å². The van der Waals surface area contributed by atoms with Crippen molar-refractivity contribution in [3.63, 3.8) is 0 Å². The van der Waals surface area contributed by atoms with E-state index in [9.17, 15) is 4.79 Å². The van der Waals surface area contributed by atoms with Gasteiger partial charge < -0.3 is 11.1 Å². The summed E-state index contributed by atoms with van der Waals surface area (Å²) in [6.07, 6.45) is 6.37. The van der Waals surface area contributed by atoms with Gasteiger partial charge in [0, 0.05) is 12.2 Å². The van der Waals surface area contributed by atoms with E-state index in [1.54, 1.807) is 0 Å². The van der Waals surface area contributed by atoms with E-state index in [0.29, 0.717) is 6.54 Å². The average molecular weight is 290 g/mol. The summed E-state index contributed by atoms with van der Waals surface area (Å²) in [5.41, 5.74) is 7.56. The molecule has 0 aliphatic rings. The maximum atomic E-state index is 12.4. The molecule has 0 radical (unpaired) electrons. The van der Waals surface area contributed by atoms with Crippen molar-refractivity contribution in [2.75, 3.05) is 11.9 Å². The number of benzene rings is 1. The number of amides is 1. The Kier molecular flexibility index (Phi) is 7.44. The fraction of sp³-hybridized carbons (Fsp3) is 0.611. The third-order valence-corrected chi connectivity index (χ3v) is 4.51. The van der Waals surface area contributed by atoms with E-state index in [4.69, 9.17) is 5.73 Å². The maximum absolute atomic E-state index is 12.4. The lowest BCUT2D eigenvalue weighted by molar-refractivity contribution is -0.125. The third-order valence-electron chi connectivity index (χ3n) is 4.51. The van der Waals surface area contributed by atoms with Gasteiger partial charge in [-0.2, -0.15) is 0 Å². The SMILES string of the molecule is CCCCCc1ccc(NC(=O)C(CC)(CC)CN)cc1. The van der Waals surface area contributed by atoms with Gasteiger partial charge in [0.2, 0.25) is 5.91 Å². The number of nitrogens with two attached hydrogens (primary N) is 1. The molecule has 3 heteroatoms. The summed E-state index contributed by atoms with van der Waals surface area (Å²) in [5.74, 6) is 0.0359. The summed E-state index contributed by atoms with van der Waals surface area (Å²) >= 11 is 0. The van der Waals surface area contributed by atoms with Crippen molar-refractivity contribution in [1.82, 2.24) is 0 Å². The largest absolute Gasteiger partial charge is 0.329 e. The van der Waals surface area contributed by atoms with Crippen LogP contribution in [0.4, 0.5) is 5.69 Å². The van der Waals surface area contributed by atoms with Gasteiger partial charge in [-0.3, -0.25) is 4.79 Å². The molecule has 3 nitrogen and oxygen atoms in total. The van der Waals surface area contributed by atoms with Crippen LogP contribution in [-0.2, 0) is 11.2 Å². The zero-order chi connectivity index (χ0) is 15.7. The monoisotopic (exact) mass is 290 g/mol. The predicted octanol–water partition coefficient (Wildman–Crippen LogP) is 4.12. The van der Waals surface area contributed by atoms with Crippen LogP contribution in [0.5, 0.6) is 0 Å². The van der Waals surface area contributed by atoms with E-state index >= 15 is 0 Å². The van der Waals surface area contributed by atoms with Gasteiger partial charge in [-0.1, -0.05) is 45.7 Å². The second kappa shape index (κ2) is 8.83. The van der Waals surface area contributed by atoms with Gasteiger partial charge >= 0.3 is 0 Å². The van der Waals surface area contributed by atoms with Crippen LogP contribution in [0.25, 0.3) is 0 Å². The minimum Gasteiger partial charge on any atom is -0.329 e. The zero-order valence-electron chi connectivity index (χ0n) is 13.7. The Morgan fingerprint density at radius 1 is 1.10 bits per heavy atom. The molecule has 0 saturated heterocycles. The Labute approximate surface area is 129 Å². The highest BCUT2D eigenvalue weighted by molar-refractivity contribution is 5.95. The molecular formula is C18H30N2O. The Morgan fingerprint density at radius 2 is 1.71 bits per heavy atom. The van der Waals surface area contributed by atoms with Crippen LogP contribution in [0.1, 0.15) is 58.4 Å². The first-order valence-electron chi connectivity index (χ1n) is 8.22. The van der Waals surface area contributed by atoms with E-state index in [-0.39, 0.29) is 5.91 Å². The average Bonchev–Trinajstić information content (AvgIpc) is 2.51. The first-order chi connectivity index (χ1) is 10.1. The van der Waals surface area contributed by atoms with Crippen molar-refractivity contribution in [3.05, 3.63) is 29.8 Å². The van der Waals surface area contributed by atoms with Gasteiger partial charge in [0.15, 0.2) is 0 Å². The number of anilines is 1. The lowest BCUT2D eigenvalue weighted by atomic mass is 9.81. The van der Waals surface area contributed by atoms with Crippen LogP contribution in [0.3, 0.4) is 0 Å². The summed E-state index contributed by atoms with van der Waals surface area (Å²) in [5, 5.41) is 3.01. The van der Waals surface area contributed by atoms with E-state index in [1.807, 2.05) is 26.0 Å². The molecule has 1 rings (SSSR count). The molecular weight excluding hydrogens is 260 g/mol. The Bertz CT molecular complexity index is 413. The molecule has 0 saturated carbocycles. The second-order valence-electron chi connectivity index (χ2n) is 5.80. The van der Waals surface area contributed by atoms with Gasteiger partial charge in [-0.25, -0.2) is 0 Å². The van der Waals surface area contributed by atoms with E-state index < -0.39 is 5.41 Å². The predicted molar refractivity (Wildman–Crippen MR) is 90.4 cm³/mol. The highest BCUT2D eigenvalue weighted by Crippen LogP contribution is 2.27. The summed E-state index contributed by atoms with van der Waals surface area (Å²) in [7, 11) is 0. The fourth-order valence-corrected chi connectivity index (χ4v) is 2.55. The smallest absolute Gasteiger partial charge is 0.231 e. The van der Waals surface area contributed by atoms with Crippen molar-refractivity contribution in [1.29, 1.82) is 0 Å². The molecule has 0 atom stereocenters. The Balaban J connectivity index is 2.64. The molecule has 1 aromatic rings. The van der Waals surface area contributed by atoms with Crippen LogP contribution in [0.2, 0.25) is 0 Å². The van der Waals surface area contributed by atoms with E-state index in [0.717, 1.165) is 24.9 Å². The molecule has 0 aliphatic carbocycles. The molecule has 0 aromatic heterocycles. The highest BCUT2D eigenvalue weighted by Gasteiger charge is 2.33. The molecule has 3 N–H and O–H groups in total. The molecule has 118 valence electrons. The summed E-state index contributed by atoms with van der Waals surface area (Å²) in [6, 6.07) is 8.19. The summed E-state index contributed by atoms with van der Waals surface area (Å²) < 4.78 is 0. The van der Waals surface area contributed by atoms with Crippen LogP contribution < -0.4 is 11.1 Å². The maximum Gasteiger partial charge on any atom is 0.231 e. The quantitative estimate of drug-likeness (QED) is 0.672. The number of hydrogen-bond donors (Lipinski definition) is 2. The van der Waals surface area contributed by atoms with E-state index in [2.05, 4.69) is 24.4 Å². The normalized spacial score (nSPS) is 11.4. The molecule has 1 aromatic carbocycles. The van der Waals surface area contributed by atoms with E-state index in [1.165, 1.54) is 24.8 Å². The second-order valence-corrected chi connectivity index (χ2v) is 5.80. The van der Waals surface area contributed by atoms with Crippen LogP contribution in [-0.4, -0.2) is 12.5 Å². The fourth-order valence-electron chi connectivity index (χ4n) is 2.55. The minimum absolute atomic E-state index is 0.0359. The number of unbranched alkanes of at least 4 members (excludes halogenated alkanes) is 2. The lowest BCUT2D eigenvalue weighted by Crippen LogP contribution is -2.41. The molecule has 0 bridgehead atoms. The molecule has 0 heterocycles. The number of carbonyl (C=O) groups is 1. The Morgan fingerprint density at radius 3 is 2.19 bits per heavy atom.